The predicted octanol–water partition coefficient (Wildman–Crippen LogP) is 3.13. The number of halogens is 3. The maximum Gasteiger partial charge on any atom is 0.416 e. The number of hydrogen-bond acceptors (Lipinski definition) is 7. The SMILES string of the molecule is CC(Sc1nnnn1C)c1nc(-c2cccc(C(F)(F)F)c2)no1. The Kier molecular flexibility index (Phi) is 4.26. The Morgan fingerprint density at radius 1 is 1.29 bits per heavy atom. The van der Waals surface area contributed by atoms with Crippen molar-refractivity contribution in [3.05, 3.63) is 35.7 Å². The van der Waals surface area contributed by atoms with Crippen molar-refractivity contribution in [1.29, 1.82) is 0 Å². The van der Waals surface area contributed by atoms with Crippen LogP contribution >= 0.6 is 11.8 Å². The van der Waals surface area contributed by atoms with Crippen LogP contribution < -0.4 is 0 Å². The smallest absolute Gasteiger partial charge is 0.338 e. The van der Waals surface area contributed by atoms with Gasteiger partial charge in [-0.15, -0.1) is 5.10 Å². The lowest BCUT2D eigenvalue weighted by atomic mass is 10.1. The molecule has 126 valence electrons. The fraction of sp³-hybridized carbons (Fsp3) is 0.308. The average molecular weight is 356 g/mol. The molecule has 0 aliphatic rings. The second kappa shape index (κ2) is 6.23. The highest BCUT2D eigenvalue weighted by atomic mass is 32.2. The van der Waals surface area contributed by atoms with Crippen molar-refractivity contribution in [2.24, 2.45) is 7.05 Å². The summed E-state index contributed by atoms with van der Waals surface area (Å²) in [7, 11) is 1.69. The Bertz CT molecular complexity index is 846. The van der Waals surface area contributed by atoms with Crippen LogP contribution in [0.25, 0.3) is 11.4 Å². The van der Waals surface area contributed by atoms with Gasteiger partial charge in [0.2, 0.25) is 16.9 Å². The molecule has 2 aromatic heterocycles. The van der Waals surface area contributed by atoms with Gasteiger partial charge < -0.3 is 4.52 Å². The van der Waals surface area contributed by atoms with E-state index in [1.165, 1.54) is 28.6 Å². The lowest BCUT2D eigenvalue weighted by molar-refractivity contribution is -0.137. The van der Waals surface area contributed by atoms with E-state index in [0.29, 0.717) is 5.16 Å². The predicted molar refractivity (Wildman–Crippen MR) is 77.8 cm³/mol. The first-order valence-corrected chi connectivity index (χ1v) is 7.63. The fourth-order valence-electron chi connectivity index (χ4n) is 1.88. The number of benzene rings is 1. The molecule has 0 fully saturated rings. The number of aryl methyl sites for hydroxylation is 1. The van der Waals surface area contributed by atoms with E-state index in [9.17, 15) is 13.2 Å². The summed E-state index contributed by atoms with van der Waals surface area (Å²) in [6.07, 6.45) is -4.43. The molecule has 0 aliphatic heterocycles. The van der Waals surface area contributed by atoms with Crippen LogP contribution in [0.15, 0.2) is 33.9 Å². The summed E-state index contributed by atoms with van der Waals surface area (Å²) < 4.78 is 45.0. The van der Waals surface area contributed by atoms with Crippen LogP contribution in [0.5, 0.6) is 0 Å². The van der Waals surface area contributed by atoms with Crippen LogP contribution in [0.3, 0.4) is 0 Å². The van der Waals surface area contributed by atoms with Crippen LogP contribution in [-0.4, -0.2) is 30.3 Å². The third kappa shape index (κ3) is 3.40. The molecule has 0 amide bonds. The number of aromatic nitrogens is 6. The van der Waals surface area contributed by atoms with Gasteiger partial charge in [0, 0.05) is 12.6 Å². The van der Waals surface area contributed by atoms with Gasteiger partial charge in [-0.25, -0.2) is 4.68 Å². The Morgan fingerprint density at radius 3 is 2.75 bits per heavy atom. The summed E-state index contributed by atoms with van der Waals surface area (Å²) in [4.78, 5) is 4.17. The van der Waals surface area contributed by atoms with Gasteiger partial charge in [0.15, 0.2) is 0 Å². The maximum atomic E-state index is 12.8. The highest BCUT2D eigenvalue weighted by Crippen LogP contribution is 2.34. The summed E-state index contributed by atoms with van der Waals surface area (Å²) in [5, 5.41) is 15.1. The van der Waals surface area contributed by atoms with E-state index in [4.69, 9.17) is 4.52 Å². The number of tetrazole rings is 1. The van der Waals surface area contributed by atoms with E-state index >= 15 is 0 Å². The number of nitrogens with zero attached hydrogens (tertiary/aromatic N) is 6. The lowest BCUT2D eigenvalue weighted by Crippen LogP contribution is -2.04. The molecule has 0 saturated carbocycles. The number of alkyl halides is 3. The van der Waals surface area contributed by atoms with Gasteiger partial charge >= 0.3 is 6.18 Å². The molecule has 0 aliphatic carbocycles. The van der Waals surface area contributed by atoms with E-state index < -0.39 is 11.7 Å². The van der Waals surface area contributed by atoms with Crippen LogP contribution in [0.1, 0.15) is 23.6 Å². The number of thioether (sulfide) groups is 1. The van der Waals surface area contributed by atoms with Crippen LogP contribution in [0.2, 0.25) is 0 Å². The summed E-state index contributed by atoms with van der Waals surface area (Å²) in [5.41, 5.74) is -0.531. The molecule has 0 spiro atoms. The molecule has 1 aromatic carbocycles. The molecule has 3 aromatic rings. The monoisotopic (exact) mass is 356 g/mol. The van der Waals surface area contributed by atoms with Crippen molar-refractivity contribution < 1.29 is 17.7 Å². The fourth-order valence-corrected chi connectivity index (χ4v) is 2.67. The van der Waals surface area contributed by atoms with E-state index in [2.05, 4.69) is 25.7 Å². The van der Waals surface area contributed by atoms with Crippen LogP contribution in [-0.2, 0) is 13.2 Å². The highest BCUT2D eigenvalue weighted by molar-refractivity contribution is 7.99. The minimum atomic E-state index is -4.43. The molecular formula is C13H11F3N6OS. The standard InChI is InChI=1S/C13H11F3N6OS/c1-7(24-12-18-20-21-22(12)2)11-17-10(19-23-11)8-4-3-5-9(6-8)13(14,15)16/h3-7H,1-2H3. The lowest BCUT2D eigenvalue weighted by Gasteiger charge is -2.06. The molecule has 0 N–H and O–H groups in total. The molecule has 1 atom stereocenters. The minimum absolute atomic E-state index is 0.0969. The first-order valence-electron chi connectivity index (χ1n) is 6.75. The van der Waals surface area contributed by atoms with Gasteiger partial charge in [0.25, 0.3) is 0 Å². The molecule has 2 heterocycles. The van der Waals surface area contributed by atoms with E-state index in [1.807, 2.05) is 6.92 Å². The first kappa shape index (κ1) is 16.4. The minimum Gasteiger partial charge on any atom is -0.338 e. The molecule has 7 nitrogen and oxygen atoms in total. The van der Waals surface area contributed by atoms with Crippen LogP contribution in [0.4, 0.5) is 13.2 Å². The van der Waals surface area contributed by atoms with Crippen molar-refractivity contribution in [3.8, 4) is 11.4 Å². The molecule has 0 radical (unpaired) electrons. The van der Waals surface area contributed by atoms with Gasteiger partial charge in [-0.1, -0.05) is 29.1 Å². The van der Waals surface area contributed by atoms with Crippen molar-refractivity contribution in [1.82, 2.24) is 30.3 Å². The number of hydrogen-bond donors (Lipinski definition) is 0. The molecule has 0 saturated heterocycles. The molecule has 3 rings (SSSR count). The van der Waals surface area contributed by atoms with Crippen LogP contribution in [0, 0.1) is 0 Å². The first-order chi connectivity index (χ1) is 11.3. The zero-order valence-electron chi connectivity index (χ0n) is 12.5. The van der Waals surface area contributed by atoms with Crippen molar-refractivity contribution >= 4 is 11.8 Å². The second-order valence-corrected chi connectivity index (χ2v) is 6.19. The molecule has 11 heteroatoms. The Hall–Kier alpha value is -2.43. The number of rotatable bonds is 4. The molecular weight excluding hydrogens is 345 g/mol. The van der Waals surface area contributed by atoms with Gasteiger partial charge in [0.05, 0.1) is 10.8 Å². The summed E-state index contributed by atoms with van der Waals surface area (Å²) in [6, 6.07) is 4.77. The topological polar surface area (TPSA) is 82.5 Å². The van der Waals surface area contributed by atoms with Crippen molar-refractivity contribution in [2.75, 3.05) is 0 Å². The molecule has 0 bridgehead atoms. The van der Waals surface area contributed by atoms with Gasteiger partial charge in [-0.2, -0.15) is 18.2 Å². The third-order valence-electron chi connectivity index (χ3n) is 3.10. The van der Waals surface area contributed by atoms with E-state index in [-0.39, 0.29) is 22.5 Å². The summed E-state index contributed by atoms with van der Waals surface area (Å²) >= 11 is 1.30. The Morgan fingerprint density at radius 2 is 2.08 bits per heavy atom. The highest BCUT2D eigenvalue weighted by Gasteiger charge is 2.31. The van der Waals surface area contributed by atoms with Crippen molar-refractivity contribution in [2.45, 2.75) is 23.5 Å². The third-order valence-corrected chi connectivity index (χ3v) is 4.21. The maximum absolute atomic E-state index is 12.8. The quantitative estimate of drug-likeness (QED) is 0.664. The van der Waals surface area contributed by atoms with Gasteiger partial charge in [-0.3, -0.25) is 0 Å². The molecule has 24 heavy (non-hydrogen) atoms. The zero-order valence-corrected chi connectivity index (χ0v) is 13.3. The Balaban J connectivity index is 1.82. The molecule has 1 unspecified atom stereocenters. The van der Waals surface area contributed by atoms with E-state index in [1.54, 1.807) is 7.05 Å². The van der Waals surface area contributed by atoms with Gasteiger partial charge in [-0.05, 0) is 29.5 Å². The summed E-state index contributed by atoms with van der Waals surface area (Å²) in [5.74, 6) is 0.370. The summed E-state index contributed by atoms with van der Waals surface area (Å²) in [6.45, 7) is 1.81. The largest absolute Gasteiger partial charge is 0.416 e. The van der Waals surface area contributed by atoms with E-state index in [0.717, 1.165) is 12.1 Å². The van der Waals surface area contributed by atoms with Gasteiger partial charge in [0.1, 0.15) is 0 Å². The van der Waals surface area contributed by atoms with Crippen molar-refractivity contribution in [3.63, 3.8) is 0 Å². The zero-order chi connectivity index (χ0) is 17.3. The second-order valence-electron chi connectivity index (χ2n) is 4.88. The average Bonchev–Trinajstić information content (AvgIpc) is 3.16. The normalized spacial score (nSPS) is 13.2. The Labute approximate surface area is 138 Å².